The summed E-state index contributed by atoms with van der Waals surface area (Å²) in [6, 6.07) is 10.3. The lowest BCUT2D eigenvalue weighted by Crippen LogP contribution is -2.35. The van der Waals surface area contributed by atoms with Crippen LogP contribution in [0.2, 0.25) is 0 Å². The number of ether oxygens (including phenoxy) is 2. The van der Waals surface area contributed by atoms with E-state index >= 15 is 0 Å². The van der Waals surface area contributed by atoms with Gasteiger partial charge in [-0.1, -0.05) is 30.3 Å². The van der Waals surface area contributed by atoms with Gasteiger partial charge in [0.25, 0.3) is 0 Å². The first-order valence-corrected chi connectivity index (χ1v) is 7.98. The van der Waals surface area contributed by atoms with Crippen LogP contribution in [0.25, 0.3) is 10.8 Å². The van der Waals surface area contributed by atoms with E-state index < -0.39 is 23.7 Å². The number of carboxylic acids is 1. The van der Waals surface area contributed by atoms with Gasteiger partial charge in [0.05, 0.1) is 19.6 Å². The second-order valence-electron chi connectivity index (χ2n) is 6.70. The number of carbonyl (C=O) groups is 2. The van der Waals surface area contributed by atoms with Gasteiger partial charge >= 0.3 is 12.1 Å². The van der Waals surface area contributed by atoms with Crippen molar-refractivity contribution in [2.75, 3.05) is 7.11 Å². The Bertz CT molecular complexity index is 779. The molecule has 0 fully saturated rings. The molecule has 0 aliphatic heterocycles. The van der Waals surface area contributed by atoms with Crippen LogP contribution in [0, 0.1) is 0 Å². The van der Waals surface area contributed by atoms with Crippen LogP contribution in [0.4, 0.5) is 4.79 Å². The second-order valence-corrected chi connectivity index (χ2v) is 6.70. The van der Waals surface area contributed by atoms with E-state index in [9.17, 15) is 14.7 Å². The number of fused-ring (bicyclic) bond motifs is 1. The molecule has 2 aromatic carbocycles. The monoisotopic (exact) mass is 345 g/mol. The second kappa shape index (κ2) is 7.42. The summed E-state index contributed by atoms with van der Waals surface area (Å²) in [5.41, 5.74) is 0.0319. The highest BCUT2D eigenvalue weighted by molar-refractivity contribution is 5.92. The van der Waals surface area contributed by atoms with E-state index in [4.69, 9.17) is 9.47 Å². The number of methoxy groups -OCH3 is 1. The molecule has 0 bridgehead atoms. The number of nitrogens with one attached hydrogen (secondary N) is 1. The Labute approximate surface area is 146 Å². The topological polar surface area (TPSA) is 84.9 Å². The molecule has 1 atom stereocenters. The van der Waals surface area contributed by atoms with Crippen LogP contribution in [-0.4, -0.2) is 29.9 Å². The molecule has 0 saturated carbocycles. The Morgan fingerprint density at radius 3 is 2.32 bits per heavy atom. The molecule has 0 aliphatic rings. The molecule has 0 saturated heterocycles. The van der Waals surface area contributed by atoms with Gasteiger partial charge in [-0.25, -0.2) is 4.79 Å². The highest BCUT2D eigenvalue weighted by Gasteiger charge is 2.24. The number of alkyl carbamates (subject to hydrolysis) is 1. The number of carboxylic acid groups (broad SMARTS) is 1. The summed E-state index contributed by atoms with van der Waals surface area (Å²) in [6.45, 7) is 5.25. The molecule has 25 heavy (non-hydrogen) atoms. The zero-order chi connectivity index (χ0) is 18.6. The lowest BCUT2D eigenvalue weighted by Gasteiger charge is -2.24. The van der Waals surface area contributed by atoms with Gasteiger partial charge in [0, 0.05) is 5.39 Å². The van der Waals surface area contributed by atoms with E-state index in [1.165, 1.54) is 0 Å². The van der Waals surface area contributed by atoms with E-state index in [1.54, 1.807) is 40.0 Å². The van der Waals surface area contributed by atoms with Crippen molar-refractivity contribution in [3.05, 3.63) is 42.0 Å². The van der Waals surface area contributed by atoms with Crippen molar-refractivity contribution >= 4 is 22.8 Å². The van der Waals surface area contributed by atoms with Gasteiger partial charge in [-0.05, 0) is 37.8 Å². The lowest BCUT2D eigenvalue weighted by molar-refractivity contribution is -0.137. The molecule has 0 unspecified atom stereocenters. The maximum Gasteiger partial charge on any atom is 0.408 e. The zero-order valence-corrected chi connectivity index (χ0v) is 14.8. The fourth-order valence-electron chi connectivity index (χ4n) is 2.64. The molecule has 1 amide bonds. The minimum absolute atomic E-state index is 0.254. The smallest absolute Gasteiger partial charge is 0.408 e. The molecule has 6 nitrogen and oxygen atoms in total. The van der Waals surface area contributed by atoms with Gasteiger partial charge < -0.3 is 19.9 Å². The van der Waals surface area contributed by atoms with E-state index in [0.717, 1.165) is 10.8 Å². The molecule has 0 aliphatic carbocycles. The third-order valence-corrected chi connectivity index (χ3v) is 3.58. The van der Waals surface area contributed by atoms with E-state index in [1.807, 2.05) is 24.3 Å². The van der Waals surface area contributed by atoms with Gasteiger partial charge in [0.15, 0.2) is 0 Å². The van der Waals surface area contributed by atoms with Crippen molar-refractivity contribution in [3.63, 3.8) is 0 Å². The van der Waals surface area contributed by atoms with Gasteiger partial charge in [-0.15, -0.1) is 0 Å². The normalized spacial score (nSPS) is 12.5. The number of amides is 1. The molecule has 2 rings (SSSR count). The average molecular weight is 345 g/mol. The van der Waals surface area contributed by atoms with Crippen LogP contribution in [0.5, 0.6) is 5.75 Å². The lowest BCUT2D eigenvalue weighted by atomic mass is 9.96. The fourth-order valence-corrected chi connectivity index (χ4v) is 2.64. The zero-order valence-electron chi connectivity index (χ0n) is 14.8. The Morgan fingerprint density at radius 1 is 1.12 bits per heavy atom. The Balaban J connectivity index is 2.43. The van der Waals surface area contributed by atoms with Gasteiger partial charge in [-0.3, -0.25) is 4.79 Å². The van der Waals surface area contributed by atoms with Crippen molar-refractivity contribution in [2.24, 2.45) is 0 Å². The van der Waals surface area contributed by atoms with Crippen LogP contribution < -0.4 is 10.1 Å². The van der Waals surface area contributed by atoms with Crippen molar-refractivity contribution in [1.82, 2.24) is 5.32 Å². The van der Waals surface area contributed by atoms with Gasteiger partial charge in [0.1, 0.15) is 11.4 Å². The molecule has 0 radical (unpaired) electrons. The minimum atomic E-state index is -1.01. The number of benzene rings is 2. The SMILES string of the molecule is COc1ccc([C@H](CC(=O)O)NC(=O)OC(C)(C)C)c2ccccc12. The Kier molecular flexibility index (Phi) is 5.51. The minimum Gasteiger partial charge on any atom is -0.496 e. The molecule has 0 spiro atoms. The third kappa shape index (κ3) is 4.86. The molecule has 6 heteroatoms. The average Bonchev–Trinajstić information content (AvgIpc) is 2.51. The van der Waals surface area contributed by atoms with Crippen molar-refractivity contribution in [1.29, 1.82) is 0 Å². The maximum absolute atomic E-state index is 12.1. The molecule has 2 aromatic rings. The fraction of sp³-hybridized carbons (Fsp3) is 0.368. The van der Waals surface area contributed by atoms with E-state index in [2.05, 4.69) is 5.32 Å². The first-order chi connectivity index (χ1) is 11.7. The van der Waals surface area contributed by atoms with Crippen molar-refractivity contribution < 1.29 is 24.2 Å². The van der Waals surface area contributed by atoms with Crippen LogP contribution in [-0.2, 0) is 9.53 Å². The first kappa shape index (κ1) is 18.6. The molecule has 0 heterocycles. The summed E-state index contributed by atoms with van der Waals surface area (Å²) >= 11 is 0. The number of hydrogen-bond donors (Lipinski definition) is 2. The first-order valence-electron chi connectivity index (χ1n) is 7.98. The molecular weight excluding hydrogens is 322 g/mol. The summed E-state index contributed by atoms with van der Waals surface area (Å²) in [6.07, 6.45) is -0.908. The maximum atomic E-state index is 12.1. The summed E-state index contributed by atoms with van der Waals surface area (Å²) in [7, 11) is 1.58. The Hall–Kier alpha value is -2.76. The number of aliphatic carboxylic acids is 1. The summed E-state index contributed by atoms with van der Waals surface area (Å²) in [5.74, 6) is -0.327. The van der Waals surface area contributed by atoms with Crippen LogP contribution in [0.15, 0.2) is 36.4 Å². The molecule has 134 valence electrons. The van der Waals surface area contributed by atoms with Crippen LogP contribution in [0.3, 0.4) is 0 Å². The summed E-state index contributed by atoms with van der Waals surface area (Å²) in [5, 5.41) is 13.6. The predicted octanol–water partition coefficient (Wildman–Crippen LogP) is 3.89. The highest BCUT2D eigenvalue weighted by Crippen LogP contribution is 2.32. The molecule has 2 N–H and O–H groups in total. The van der Waals surface area contributed by atoms with Gasteiger partial charge in [0.2, 0.25) is 0 Å². The molecular formula is C19H23NO5. The summed E-state index contributed by atoms with van der Waals surface area (Å²) in [4.78, 5) is 23.4. The van der Waals surface area contributed by atoms with Crippen LogP contribution >= 0.6 is 0 Å². The van der Waals surface area contributed by atoms with E-state index in [-0.39, 0.29) is 6.42 Å². The molecule has 0 aromatic heterocycles. The van der Waals surface area contributed by atoms with Crippen molar-refractivity contribution in [3.8, 4) is 5.75 Å². The quantitative estimate of drug-likeness (QED) is 0.859. The predicted molar refractivity (Wildman–Crippen MR) is 94.9 cm³/mol. The van der Waals surface area contributed by atoms with Crippen molar-refractivity contribution in [2.45, 2.75) is 38.8 Å². The van der Waals surface area contributed by atoms with E-state index in [0.29, 0.717) is 11.3 Å². The van der Waals surface area contributed by atoms with Gasteiger partial charge in [-0.2, -0.15) is 0 Å². The highest BCUT2D eigenvalue weighted by atomic mass is 16.6. The van der Waals surface area contributed by atoms with Crippen LogP contribution in [0.1, 0.15) is 38.8 Å². The number of rotatable bonds is 5. The number of hydrogen-bond acceptors (Lipinski definition) is 4. The number of carbonyl (C=O) groups excluding carboxylic acids is 1. The summed E-state index contributed by atoms with van der Waals surface area (Å²) < 4.78 is 10.6. The third-order valence-electron chi connectivity index (χ3n) is 3.58. The largest absolute Gasteiger partial charge is 0.496 e. The Morgan fingerprint density at radius 2 is 1.76 bits per heavy atom. The standard InChI is InChI=1S/C19H23NO5/c1-19(2,3)25-18(23)20-15(11-17(21)22)13-9-10-16(24-4)14-8-6-5-7-12(13)14/h5-10,15H,11H2,1-4H3,(H,20,23)(H,21,22)/t15-/m0/s1.